The zero-order chi connectivity index (χ0) is 14.5. The van der Waals surface area contributed by atoms with Crippen LogP contribution in [-0.2, 0) is 0 Å². The largest absolute Gasteiger partial charge is 0.465 e. The lowest BCUT2D eigenvalue weighted by atomic mass is 10.2. The third-order valence-corrected chi connectivity index (χ3v) is 2.35. The number of nitrogens with one attached hydrogen (secondary N) is 1. The number of anilines is 3. The van der Waals surface area contributed by atoms with Crippen molar-refractivity contribution in [1.82, 2.24) is 9.97 Å². The molecule has 1 heterocycles. The van der Waals surface area contributed by atoms with Gasteiger partial charge >= 0.3 is 6.09 Å². The molecule has 1 aromatic heterocycles. The Kier molecular flexibility index (Phi) is 3.67. The van der Waals surface area contributed by atoms with Crippen molar-refractivity contribution in [3.8, 4) is 11.8 Å². The summed E-state index contributed by atoms with van der Waals surface area (Å²) in [5.41, 5.74) is 12.7. The van der Waals surface area contributed by atoms with Gasteiger partial charge in [0.05, 0.1) is 0 Å². The van der Waals surface area contributed by atoms with Crippen LogP contribution >= 0.6 is 0 Å². The van der Waals surface area contributed by atoms with E-state index in [-0.39, 0.29) is 11.6 Å². The molecule has 0 saturated heterocycles. The van der Waals surface area contributed by atoms with E-state index in [1.807, 2.05) is 0 Å². The van der Waals surface area contributed by atoms with Crippen LogP contribution in [0.15, 0.2) is 30.6 Å². The monoisotopic (exact) mass is 269 g/mol. The van der Waals surface area contributed by atoms with Crippen molar-refractivity contribution < 1.29 is 9.90 Å². The summed E-state index contributed by atoms with van der Waals surface area (Å²) in [5.74, 6) is 6.01. The first-order valence-corrected chi connectivity index (χ1v) is 5.54. The van der Waals surface area contributed by atoms with Crippen molar-refractivity contribution in [3.05, 3.63) is 41.7 Å². The number of nitrogens with two attached hydrogens (primary N) is 2. The minimum absolute atomic E-state index is 0.199. The fourth-order valence-corrected chi connectivity index (χ4v) is 1.47. The van der Waals surface area contributed by atoms with Crippen molar-refractivity contribution in [1.29, 1.82) is 0 Å². The number of aromatic nitrogens is 2. The van der Waals surface area contributed by atoms with Crippen LogP contribution in [-0.4, -0.2) is 21.2 Å². The smallest absolute Gasteiger partial charge is 0.409 e. The summed E-state index contributed by atoms with van der Waals surface area (Å²) in [4.78, 5) is 18.2. The van der Waals surface area contributed by atoms with Crippen molar-refractivity contribution >= 4 is 23.4 Å². The highest BCUT2D eigenvalue weighted by molar-refractivity contribution is 5.83. The van der Waals surface area contributed by atoms with Gasteiger partial charge in [-0.3, -0.25) is 5.32 Å². The van der Waals surface area contributed by atoms with Gasteiger partial charge in [0.2, 0.25) is 0 Å². The Balaban J connectivity index is 2.31. The predicted molar refractivity (Wildman–Crippen MR) is 74.9 cm³/mol. The third-order valence-electron chi connectivity index (χ3n) is 2.35. The van der Waals surface area contributed by atoms with Gasteiger partial charge in [0.15, 0.2) is 0 Å². The van der Waals surface area contributed by atoms with Crippen LogP contribution in [0.3, 0.4) is 0 Å². The second-order valence-electron chi connectivity index (χ2n) is 3.78. The maximum atomic E-state index is 10.6. The van der Waals surface area contributed by atoms with E-state index in [4.69, 9.17) is 16.6 Å². The van der Waals surface area contributed by atoms with Gasteiger partial charge in [-0.1, -0.05) is 17.9 Å². The van der Waals surface area contributed by atoms with E-state index in [1.54, 1.807) is 24.3 Å². The highest BCUT2D eigenvalue weighted by Crippen LogP contribution is 2.13. The molecule has 6 N–H and O–H groups in total. The Morgan fingerprint density at radius 1 is 1.20 bits per heavy atom. The van der Waals surface area contributed by atoms with Crippen LogP contribution in [0, 0.1) is 11.8 Å². The first-order chi connectivity index (χ1) is 9.56. The molecule has 20 heavy (non-hydrogen) atoms. The number of carbonyl (C=O) groups is 1. The minimum atomic E-state index is -1.14. The van der Waals surface area contributed by atoms with Crippen molar-refractivity contribution in [2.75, 3.05) is 16.8 Å². The molecular weight excluding hydrogens is 258 g/mol. The molecule has 0 atom stereocenters. The number of hydrogen-bond donors (Lipinski definition) is 4. The van der Waals surface area contributed by atoms with Crippen molar-refractivity contribution in [2.24, 2.45) is 0 Å². The van der Waals surface area contributed by atoms with Crippen LogP contribution in [0.5, 0.6) is 0 Å². The zero-order valence-corrected chi connectivity index (χ0v) is 10.3. The van der Waals surface area contributed by atoms with Gasteiger partial charge in [0.25, 0.3) is 0 Å². The lowest BCUT2D eigenvalue weighted by Gasteiger charge is -2.01. The molecule has 1 amide bonds. The van der Waals surface area contributed by atoms with Crippen LogP contribution in [0.25, 0.3) is 0 Å². The highest BCUT2D eigenvalue weighted by Gasteiger charge is 2.02. The van der Waals surface area contributed by atoms with Crippen molar-refractivity contribution in [2.45, 2.75) is 0 Å². The van der Waals surface area contributed by atoms with Gasteiger partial charge in [-0.15, -0.1) is 0 Å². The molecule has 0 aliphatic heterocycles. The molecule has 2 rings (SSSR count). The van der Waals surface area contributed by atoms with Gasteiger partial charge in [-0.2, -0.15) is 0 Å². The van der Waals surface area contributed by atoms with E-state index in [9.17, 15) is 4.79 Å². The molecule has 0 spiro atoms. The van der Waals surface area contributed by atoms with Crippen LogP contribution in [0.1, 0.15) is 11.1 Å². The van der Waals surface area contributed by atoms with Crippen LogP contribution in [0.4, 0.5) is 22.1 Å². The SMILES string of the molecule is Nc1ncnc(N)c1C#Cc1cccc(NC(=O)O)c1. The lowest BCUT2D eigenvalue weighted by Crippen LogP contribution is -2.06. The Morgan fingerprint density at radius 2 is 1.90 bits per heavy atom. The maximum absolute atomic E-state index is 10.6. The molecule has 0 aliphatic rings. The molecule has 0 radical (unpaired) electrons. The predicted octanol–water partition coefficient (Wildman–Crippen LogP) is 1.13. The van der Waals surface area contributed by atoms with Gasteiger partial charge in [-0.05, 0) is 18.2 Å². The Hall–Kier alpha value is -3.27. The molecule has 7 heteroatoms. The summed E-state index contributed by atoms with van der Waals surface area (Å²) in [5, 5.41) is 10.9. The van der Waals surface area contributed by atoms with Gasteiger partial charge in [0, 0.05) is 11.3 Å². The number of rotatable bonds is 1. The van der Waals surface area contributed by atoms with Gasteiger partial charge < -0.3 is 16.6 Å². The topological polar surface area (TPSA) is 127 Å². The number of carboxylic acid groups (broad SMARTS) is 1. The normalized spacial score (nSPS) is 9.40. The standard InChI is InChI=1S/C13H11N5O2/c14-11-10(12(15)17-7-16-11)5-4-8-2-1-3-9(6-8)18-13(19)20/h1-3,6-7,18H,(H,19,20)(H4,14,15,16,17). The average Bonchev–Trinajstić information content (AvgIpc) is 2.38. The average molecular weight is 269 g/mol. The zero-order valence-electron chi connectivity index (χ0n) is 10.3. The molecule has 100 valence electrons. The molecule has 0 bridgehead atoms. The second-order valence-corrected chi connectivity index (χ2v) is 3.78. The number of amides is 1. The highest BCUT2D eigenvalue weighted by atomic mass is 16.4. The molecule has 1 aromatic carbocycles. The van der Waals surface area contributed by atoms with Gasteiger partial charge in [-0.25, -0.2) is 14.8 Å². The number of nitrogens with zero attached hydrogens (tertiary/aromatic N) is 2. The number of nitrogen functional groups attached to an aromatic ring is 2. The molecule has 0 unspecified atom stereocenters. The molecule has 7 nitrogen and oxygen atoms in total. The maximum Gasteiger partial charge on any atom is 0.409 e. The summed E-state index contributed by atoms with van der Waals surface area (Å²) in [6, 6.07) is 6.63. The second kappa shape index (κ2) is 5.58. The molecule has 0 aliphatic carbocycles. The lowest BCUT2D eigenvalue weighted by molar-refractivity contribution is 0.210. The molecular formula is C13H11N5O2. The van der Waals surface area contributed by atoms with E-state index in [1.165, 1.54) is 6.33 Å². The Bertz CT molecular complexity index is 698. The van der Waals surface area contributed by atoms with E-state index in [0.29, 0.717) is 16.8 Å². The van der Waals surface area contributed by atoms with Crippen LogP contribution in [0.2, 0.25) is 0 Å². The summed E-state index contributed by atoms with van der Waals surface area (Å²) in [6.45, 7) is 0. The van der Waals surface area contributed by atoms with Gasteiger partial charge in [0.1, 0.15) is 23.5 Å². The minimum Gasteiger partial charge on any atom is -0.465 e. The summed E-state index contributed by atoms with van der Waals surface area (Å²) in [7, 11) is 0. The summed E-state index contributed by atoms with van der Waals surface area (Å²) in [6.07, 6.45) is 0.118. The van der Waals surface area contributed by atoms with Crippen LogP contribution < -0.4 is 16.8 Å². The number of benzene rings is 1. The number of hydrogen-bond acceptors (Lipinski definition) is 5. The fourth-order valence-electron chi connectivity index (χ4n) is 1.47. The Labute approximate surface area is 114 Å². The van der Waals surface area contributed by atoms with Crippen molar-refractivity contribution in [3.63, 3.8) is 0 Å². The molecule has 0 fully saturated rings. The first kappa shape index (κ1) is 13.2. The summed E-state index contributed by atoms with van der Waals surface area (Å²) < 4.78 is 0. The quantitative estimate of drug-likeness (QED) is 0.575. The Morgan fingerprint density at radius 3 is 2.55 bits per heavy atom. The molecule has 0 saturated carbocycles. The first-order valence-electron chi connectivity index (χ1n) is 5.54. The summed E-state index contributed by atoms with van der Waals surface area (Å²) >= 11 is 0. The molecule has 2 aromatic rings. The van der Waals surface area contributed by atoms with E-state index < -0.39 is 6.09 Å². The van der Waals surface area contributed by atoms with E-state index >= 15 is 0 Å². The fraction of sp³-hybridized carbons (Fsp3) is 0. The third kappa shape index (κ3) is 3.14. The van der Waals surface area contributed by atoms with E-state index in [2.05, 4.69) is 27.1 Å². The van der Waals surface area contributed by atoms with E-state index in [0.717, 1.165) is 0 Å².